The highest BCUT2D eigenvalue weighted by Gasteiger charge is 2.30. The van der Waals surface area contributed by atoms with Gasteiger partial charge in [0.25, 0.3) is 0 Å². The second kappa shape index (κ2) is 7.92. The molecule has 3 heteroatoms. The van der Waals surface area contributed by atoms with Gasteiger partial charge in [-0.3, -0.25) is 4.90 Å². The van der Waals surface area contributed by atoms with Gasteiger partial charge >= 0.3 is 0 Å². The molecule has 21 heavy (non-hydrogen) atoms. The van der Waals surface area contributed by atoms with Crippen LogP contribution in [-0.2, 0) is 4.74 Å². The molecule has 0 radical (unpaired) electrons. The predicted octanol–water partition coefficient (Wildman–Crippen LogP) is 3.27. The quantitative estimate of drug-likeness (QED) is 0.874. The number of ether oxygens (including phenoxy) is 1. The zero-order chi connectivity index (χ0) is 15.2. The lowest BCUT2D eigenvalue weighted by atomic mass is 9.91. The third kappa shape index (κ3) is 4.06. The summed E-state index contributed by atoms with van der Waals surface area (Å²) in [5, 5.41) is 0. The second-order valence-electron chi connectivity index (χ2n) is 6.06. The lowest BCUT2D eigenvalue weighted by Gasteiger charge is -2.40. The molecule has 1 saturated heterocycles. The summed E-state index contributed by atoms with van der Waals surface area (Å²) in [6.45, 7) is 9.44. The van der Waals surface area contributed by atoms with Crippen LogP contribution in [0.5, 0.6) is 0 Å². The van der Waals surface area contributed by atoms with E-state index in [1.165, 1.54) is 11.1 Å². The smallest absolute Gasteiger partial charge is 0.0599 e. The molecule has 0 bridgehead atoms. The van der Waals surface area contributed by atoms with E-state index in [2.05, 4.69) is 49.9 Å². The number of hydrogen-bond donors (Lipinski definition) is 1. The van der Waals surface area contributed by atoms with Crippen LogP contribution in [0.25, 0.3) is 0 Å². The maximum atomic E-state index is 6.47. The fraction of sp³-hybridized carbons (Fsp3) is 0.667. The van der Waals surface area contributed by atoms with E-state index in [1.807, 2.05) is 0 Å². The highest BCUT2D eigenvalue weighted by atomic mass is 16.5. The molecule has 2 unspecified atom stereocenters. The van der Waals surface area contributed by atoms with Gasteiger partial charge in [-0.1, -0.05) is 31.2 Å². The monoisotopic (exact) mass is 290 g/mol. The average Bonchev–Trinajstić information content (AvgIpc) is 2.51. The molecule has 2 atom stereocenters. The van der Waals surface area contributed by atoms with E-state index in [0.717, 1.165) is 39.0 Å². The molecule has 1 aliphatic heterocycles. The number of piperidine rings is 1. The molecule has 0 saturated carbocycles. The summed E-state index contributed by atoms with van der Waals surface area (Å²) in [6, 6.07) is 9.19. The summed E-state index contributed by atoms with van der Waals surface area (Å²) < 4.78 is 5.77. The SMILES string of the molecule is CCOC1CCN(C(c2ccccc2C)C(N)CC)CC1. The molecule has 1 aromatic carbocycles. The highest BCUT2D eigenvalue weighted by molar-refractivity contribution is 5.30. The Hall–Kier alpha value is -0.900. The van der Waals surface area contributed by atoms with Crippen molar-refractivity contribution in [2.75, 3.05) is 19.7 Å². The van der Waals surface area contributed by atoms with Gasteiger partial charge in [0.2, 0.25) is 0 Å². The molecule has 0 spiro atoms. The predicted molar refractivity (Wildman–Crippen MR) is 88.4 cm³/mol. The van der Waals surface area contributed by atoms with Crippen molar-refractivity contribution in [1.29, 1.82) is 0 Å². The van der Waals surface area contributed by atoms with Crippen LogP contribution in [0.4, 0.5) is 0 Å². The Kier molecular flexibility index (Phi) is 6.22. The maximum absolute atomic E-state index is 6.47. The largest absolute Gasteiger partial charge is 0.378 e. The minimum absolute atomic E-state index is 0.190. The van der Waals surface area contributed by atoms with Crippen LogP contribution in [0.3, 0.4) is 0 Å². The van der Waals surface area contributed by atoms with E-state index in [9.17, 15) is 0 Å². The third-order valence-electron chi connectivity index (χ3n) is 4.66. The van der Waals surface area contributed by atoms with E-state index in [0.29, 0.717) is 12.1 Å². The minimum Gasteiger partial charge on any atom is -0.378 e. The van der Waals surface area contributed by atoms with E-state index in [-0.39, 0.29) is 6.04 Å². The summed E-state index contributed by atoms with van der Waals surface area (Å²) in [6.07, 6.45) is 3.67. The number of benzene rings is 1. The number of nitrogens with zero attached hydrogens (tertiary/aromatic N) is 1. The number of likely N-dealkylation sites (tertiary alicyclic amines) is 1. The van der Waals surface area contributed by atoms with Crippen LogP contribution >= 0.6 is 0 Å². The van der Waals surface area contributed by atoms with Crippen molar-refractivity contribution in [3.8, 4) is 0 Å². The van der Waals surface area contributed by atoms with Crippen molar-refractivity contribution in [1.82, 2.24) is 4.90 Å². The van der Waals surface area contributed by atoms with Gasteiger partial charge in [-0.15, -0.1) is 0 Å². The number of aryl methyl sites for hydroxylation is 1. The minimum atomic E-state index is 0.190. The topological polar surface area (TPSA) is 38.5 Å². The Labute approximate surface area is 129 Å². The van der Waals surface area contributed by atoms with Crippen molar-refractivity contribution in [2.24, 2.45) is 5.73 Å². The van der Waals surface area contributed by atoms with Crippen LogP contribution < -0.4 is 5.73 Å². The fourth-order valence-electron chi connectivity index (χ4n) is 3.40. The Bertz CT molecular complexity index is 427. The average molecular weight is 290 g/mol. The van der Waals surface area contributed by atoms with Crippen molar-refractivity contribution < 1.29 is 4.74 Å². The zero-order valence-electron chi connectivity index (χ0n) is 13.7. The third-order valence-corrected chi connectivity index (χ3v) is 4.66. The van der Waals surface area contributed by atoms with E-state index < -0.39 is 0 Å². The molecule has 2 rings (SSSR count). The van der Waals surface area contributed by atoms with Crippen molar-refractivity contribution in [3.05, 3.63) is 35.4 Å². The molecule has 1 fully saturated rings. The molecular weight excluding hydrogens is 260 g/mol. The molecule has 0 amide bonds. The lowest BCUT2D eigenvalue weighted by Crippen LogP contribution is -2.46. The van der Waals surface area contributed by atoms with Crippen LogP contribution in [-0.4, -0.2) is 36.7 Å². The van der Waals surface area contributed by atoms with Crippen molar-refractivity contribution in [3.63, 3.8) is 0 Å². The van der Waals surface area contributed by atoms with E-state index >= 15 is 0 Å². The lowest BCUT2D eigenvalue weighted by molar-refractivity contribution is 0.000276. The zero-order valence-corrected chi connectivity index (χ0v) is 13.7. The van der Waals surface area contributed by atoms with Gasteiger partial charge in [-0.25, -0.2) is 0 Å². The first-order chi connectivity index (χ1) is 10.2. The first kappa shape index (κ1) is 16.5. The van der Waals surface area contributed by atoms with Gasteiger partial charge in [-0.05, 0) is 44.2 Å². The first-order valence-electron chi connectivity index (χ1n) is 8.34. The van der Waals surface area contributed by atoms with Crippen LogP contribution in [0, 0.1) is 6.92 Å². The first-order valence-corrected chi connectivity index (χ1v) is 8.34. The number of nitrogens with two attached hydrogens (primary N) is 1. The highest BCUT2D eigenvalue weighted by Crippen LogP contribution is 2.30. The van der Waals surface area contributed by atoms with Gasteiger partial charge in [-0.2, -0.15) is 0 Å². The molecule has 3 nitrogen and oxygen atoms in total. The molecule has 118 valence electrons. The Morgan fingerprint density at radius 1 is 1.24 bits per heavy atom. The van der Waals surface area contributed by atoms with Crippen LogP contribution in [0.2, 0.25) is 0 Å². The normalized spacial score (nSPS) is 20.4. The summed E-state index contributed by atoms with van der Waals surface area (Å²) in [7, 11) is 0. The van der Waals surface area contributed by atoms with Gasteiger partial charge < -0.3 is 10.5 Å². The second-order valence-corrected chi connectivity index (χ2v) is 6.06. The van der Waals surface area contributed by atoms with Crippen molar-refractivity contribution in [2.45, 2.75) is 58.2 Å². The van der Waals surface area contributed by atoms with Gasteiger partial charge in [0, 0.05) is 25.7 Å². The summed E-state index contributed by atoms with van der Waals surface area (Å²) >= 11 is 0. The summed E-state index contributed by atoms with van der Waals surface area (Å²) in [4.78, 5) is 2.56. The Balaban J connectivity index is 2.13. The van der Waals surface area contributed by atoms with E-state index in [1.54, 1.807) is 0 Å². The molecule has 2 N–H and O–H groups in total. The molecule has 0 aliphatic carbocycles. The van der Waals surface area contributed by atoms with Crippen LogP contribution in [0.15, 0.2) is 24.3 Å². The number of rotatable bonds is 6. The number of hydrogen-bond acceptors (Lipinski definition) is 3. The Morgan fingerprint density at radius 3 is 2.48 bits per heavy atom. The van der Waals surface area contributed by atoms with Crippen molar-refractivity contribution >= 4 is 0 Å². The fourth-order valence-corrected chi connectivity index (χ4v) is 3.40. The van der Waals surface area contributed by atoms with Crippen LogP contribution in [0.1, 0.15) is 50.3 Å². The summed E-state index contributed by atoms with van der Waals surface area (Å²) in [5.74, 6) is 0. The molecule has 1 aromatic rings. The summed E-state index contributed by atoms with van der Waals surface area (Å²) in [5.41, 5.74) is 9.21. The molecular formula is C18H30N2O. The molecule has 1 heterocycles. The van der Waals surface area contributed by atoms with E-state index in [4.69, 9.17) is 10.5 Å². The van der Waals surface area contributed by atoms with Gasteiger partial charge in [0.1, 0.15) is 0 Å². The molecule has 0 aromatic heterocycles. The molecule has 1 aliphatic rings. The standard InChI is InChI=1S/C18H30N2O/c1-4-17(19)18(16-9-7-6-8-14(16)3)20-12-10-15(11-13-20)21-5-2/h6-9,15,17-18H,4-5,10-13,19H2,1-3H3. The Morgan fingerprint density at radius 2 is 1.90 bits per heavy atom. The van der Waals surface area contributed by atoms with Gasteiger partial charge in [0.15, 0.2) is 0 Å². The maximum Gasteiger partial charge on any atom is 0.0599 e. The van der Waals surface area contributed by atoms with Gasteiger partial charge in [0.05, 0.1) is 12.1 Å².